The van der Waals surface area contributed by atoms with Crippen molar-refractivity contribution in [2.24, 2.45) is 7.05 Å². The van der Waals surface area contributed by atoms with Crippen molar-refractivity contribution in [2.45, 2.75) is 31.2 Å². The Balaban J connectivity index is 1.83. The van der Waals surface area contributed by atoms with Crippen molar-refractivity contribution in [3.63, 3.8) is 0 Å². The van der Waals surface area contributed by atoms with E-state index in [2.05, 4.69) is 30.1 Å². The third kappa shape index (κ3) is 4.37. The lowest BCUT2D eigenvalue weighted by molar-refractivity contribution is 0.683. The maximum absolute atomic E-state index is 12.8. The number of benzene rings is 2. The number of aryl methyl sites for hydroxylation is 2. The molecule has 5 heteroatoms. The summed E-state index contributed by atoms with van der Waals surface area (Å²) in [5.41, 5.74) is 5.06. The van der Waals surface area contributed by atoms with Gasteiger partial charge in [0.1, 0.15) is 0 Å². The van der Waals surface area contributed by atoms with Crippen LogP contribution in [0, 0.1) is 13.8 Å². The first-order valence-electron chi connectivity index (χ1n) is 8.43. The molecule has 0 aliphatic carbocycles. The third-order valence-electron chi connectivity index (χ3n) is 4.29. The van der Waals surface area contributed by atoms with E-state index in [1.165, 1.54) is 5.56 Å². The zero-order chi connectivity index (χ0) is 18.7. The Morgan fingerprint density at radius 3 is 2.50 bits per heavy atom. The van der Waals surface area contributed by atoms with Crippen LogP contribution in [0.3, 0.4) is 0 Å². The Labute approximate surface area is 163 Å². The second kappa shape index (κ2) is 8.11. The van der Waals surface area contributed by atoms with Gasteiger partial charge in [0, 0.05) is 35.5 Å². The van der Waals surface area contributed by atoms with Crippen LogP contribution in [0.4, 0.5) is 0 Å². The molecule has 0 amide bonds. The first kappa shape index (κ1) is 18.7. The van der Waals surface area contributed by atoms with E-state index in [1.807, 2.05) is 37.3 Å². The van der Waals surface area contributed by atoms with Crippen molar-refractivity contribution in [3.8, 4) is 0 Å². The van der Waals surface area contributed by atoms with Gasteiger partial charge in [0.05, 0.1) is 0 Å². The highest BCUT2D eigenvalue weighted by Gasteiger charge is 2.13. The van der Waals surface area contributed by atoms with Crippen LogP contribution in [0.2, 0.25) is 5.02 Å². The largest absolute Gasteiger partial charge is 0.291 e. The SMILES string of the molecule is Cc1cccc(Cc2c(C)nc(SCc3ccc(Cl)cc3)n(C)c2=O)c1. The van der Waals surface area contributed by atoms with Crippen molar-refractivity contribution in [1.82, 2.24) is 9.55 Å². The summed E-state index contributed by atoms with van der Waals surface area (Å²) in [7, 11) is 1.79. The van der Waals surface area contributed by atoms with E-state index >= 15 is 0 Å². The summed E-state index contributed by atoms with van der Waals surface area (Å²) in [4.78, 5) is 17.5. The van der Waals surface area contributed by atoms with Crippen LogP contribution in [0.1, 0.15) is 27.9 Å². The quantitative estimate of drug-likeness (QED) is 0.462. The molecule has 0 radical (unpaired) electrons. The van der Waals surface area contributed by atoms with Crippen LogP contribution in [0.25, 0.3) is 0 Å². The minimum Gasteiger partial charge on any atom is -0.291 e. The number of nitrogens with zero attached hydrogens (tertiary/aromatic N) is 2. The molecule has 0 aliphatic rings. The van der Waals surface area contributed by atoms with Crippen molar-refractivity contribution in [1.29, 1.82) is 0 Å². The Morgan fingerprint density at radius 2 is 1.81 bits per heavy atom. The molecule has 0 saturated heterocycles. The van der Waals surface area contributed by atoms with Crippen LogP contribution < -0.4 is 5.56 Å². The fourth-order valence-electron chi connectivity index (χ4n) is 2.82. The molecular weight excluding hydrogens is 364 g/mol. The van der Waals surface area contributed by atoms with E-state index in [9.17, 15) is 4.79 Å². The van der Waals surface area contributed by atoms with Crippen LogP contribution in [-0.4, -0.2) is 9.55 Å². The predicted molar refractivity (Wildman–Crippen MR) is 109 cm³/mol. The van der Waals surface area contributed by atoms with Gasteiger partial charge in [-0.1, -0.05) is 65.3 Å². The molecule has 2 aromatic carbocycles. The lowest BCUT2D eigenvalue weighted by Crippen LogP contribution is -2.25. The summed E-state index contributed by atoms with van der Waals surface area (Å²) in [6.45, 7) is 3.97. The summed E-state index contributed by atoms with van der Waals surface area (Å²) in [5, 5.41) is 1.45. The second-order valence-corrected chi connectivity index (χ2v) is 7.78. The fourth-order valence-corrected chi connectivity index (χ4v) is 3.91. The van der Waals surface area contributed by atoms with Crippen LogP contribution in [0.5, 0.6) is 0 Å². The van der Waals surface area contributed by atoms with E-state index in [0.29, 0.717) is 6.42 Å². The zero-order valence-corrected chi connectivity index (χ0v) is 16.7. The highest BCUT2D eigenvalue weighted by atomic mass is 35.5. The van der Waals surface area contributed by atoms with Gasteiger partial charge in [-0.15, -0.1) is 0 Å². The molecule has 1 heterocycles. The van der Waals surface area contributed by atoms with E-state index < -0.39 is 0 Å². The summed E-state index contributed by atoms with van der Waals surface area (Å²) in [5.74, 6) is 0.744. The standard InChI is InChI=1S/C21H21ClN2OS/c1-14-5-4-6-17(11-14)12-19-15(2)23-21(24(3)20(19)25)26-13-16-7-9-18(22)10-8-16/h4-11H,12-13H2,1-3H3. The fraction of sp³-hybridized carbons (Fsp3) is 0.238. The van der Waals surface area contributed by atoms with Gasteiger partial charge in [-0.25, -0.2) is 4.98 Å². The lowest BCUT2D eigenvalue weighted by atomic mass is 10.0. The maximum Gasteiger partial charge on any atom is 0.257 e. The molecule has 3 rings (SSSR count). The minimum absolute atomic E-state index is 0.0256. The van der Waals surface area contributed by atoms with Gasteiger partial charge in [-0.3, -0.25) is 9.36 Å². The highest BCUT2D eigenvalue weighted by molar-refractivity contribution is 7.98. The third-order valence-corrected chi connectivity index (χ3v) is 5.65. The summed E-state index contributed by atoms with van der Waals surface area (Å²) in [6, 6.07) is 16.0. The van der Waals surface area contributed by atoms with E-state index in [-0.39, 0.29) is 5.56 Å². The Kier molecular flexibility index (Phi) is 5.84. The van der Waals surface area contributed by atoms with Gasteiger partial charge < -0.3 is 0 Å². The summed E-state index contributed by atoms with van der Waals surface area (Å²) >= 11 is 7.49. The number of rotatable bonds is 5. The number of hydrogen-bond acceptors (Lipinski definition) is 3. The van der Waals surface area contributed by atoms with Gasteiger partial charge in [-0.2, -0.15) is 0 Å². The first-order chi connectivity index (χ1) is 12.4. The molecule has 26 heavy (non-hydrogen) atoms. The maximum atomic E-state index is 12.8. The first-order valence-corrected chi connectivity index (χ1v) is 9.79. The molecule has 0 unspecified atom stereocenters. The van der Waals surface area contributed by atoms with Gasteiger partial charge in [0.2, 0.25) is 0 Å². The average molecular weight is 385 g/mol. The van der Waals surface area contributed by atoms with Gasteiger partial charge in [-0.05, 0) is 37.1 Å². The molecule has 0 spiro atoms. The molecule has 0 bridgehead atoms. The van der Waals surface area contributed by atoms with Crippen molar-refractivity contribution in [2.75, 3.05) is 0 Å². The lowest BCUT2D eigenvalue weighted by Gasteiger charge is -2.12. The molecule has 0 N–H and O–H groups in total. The predicted octanol–water partition coefficient (Wildman–Crippen LogP) is 4.93. The van der Waals surface area contributed by atoms with Crippen LogP contribution in [0.15, 0.2) is 58.5 Å². The second-order valence-electron chi connectivity index (χ2n) is 6.40. The van der Waals surface area contributed by atoms with E-state index in [1.54, 1.807) is 23.4 Å². The smallest absolute Gasteiger partial charge is 0.257 e. The number of halogens is 1. The van der Waals surface area contributed by atoms with Crippen molar-refractivity contribution < 1.29 is 0 Å². The Hall–Kier alpha value is -2.04. The van der Waals surface area contributed by atoms with Gasteiger partial charge in [0.25, 0.3) is 5.56 Å². The van der Waals surface area contributed by atoms with Gasteiger partial charge in [0.15, 0.2) is 5.16 Å². The number of hydrogen-bond donors (Lipinski definition) is 0. The van der Waals surface area contributed by atoms with Gasteiger partial charge >= 0.3 is 0 Å². The normalized spacial score (nSPS) is 10.9. The molecule has 3 nitrogen and oxygen atoms in total. The minimum atomic E-state index is 0.0256. The van der Waals surface area contributed by atoms with Crippen LogP contribution in [-0.2, 0) is 19.2 Å². The molecule has 3 aromatic rings. The average Bonchev–Trinajstić information content (AvgIpc) is 2.62. The van der Waals surface area contributed by atoms with Crippen molar-refractivity contribution in [3.05, 3.63) is 91.9 Å². The van der Waals surface area contributed by atoms with Crippen LogP contribution >= 0.6 is 23.4 Å². The topological polar surface area (TPSA) is 34.9 Å². The Bertz CT molecular complexity index is 980. The molecular formula is C21H21ClN2OS. The van der Waals surface area contributed by atoms with E-state index in [0.717, 1.165) is 38.3 Å². The Morgan fingerprint density at radius 1 is 1.08 bits per heavy atom. The number of aromatic nitrogens is 2. The monoisotopic (exact) mass is 384 g/mol. The summed E-state index contributed by atoms with van der Waals surface area (Å²) < 4.78 is 1.65. The molecule has 0 saturated carbocycles. The number of thioether (sulfide) groups is 1. The molecule has 0 atom stereocenters. The molecule has 134 valence electrons. The van der Waals surface area contributed by atoms with E-state index in [4.69, 9.17) is 11.6 Å². The molecule has 0 aliphatic heterocycles. The molecule has 1 aromatic heterocycles. The highest BCUT2D eigenvalue weighted by Crippen LogP contribution is 2.22. The molecule has 0 fully saturated rings. The summed E-state index contributed by atoms with van der Waals surface area (Å²) in [6.07, 6.45) is 0.606. The zero-order valence-electron chi connectivity index (χ0n) is 15.1. The van der Waals surface area contributed by atoms with Crippen molar-refractivity contribution >= 4 is 23.4 Å².